The topological polar surface area (TPSA) is 15.3 Å². The van der Waals surface area contributed by atoms with Crippen LogP contribution in [0.5, 0.6) is 0 Å². The number of hydrogen-bond acceptors (Lipinski definition) is 2. The van der Waals surface area contributed by atoms with Gasteiger partial charge in [0.2, 0.25) is 0 Å². The molecule has 0 saturated carbocycles. The van der Waals surface area contributed by atoms with E-state index in [9.17, 15) is 0 Å². The van der Waals surface area contributed by atoms with Crippen LogP contribution in [-0.2, 0) is 0 Å². The highest BCUT2D eigenvalue weighted by Gasteiger charge is 2.01. The van der Waals surface area contributed by atoms with Crippen LogP contribution in [0.4, 0.5) is 0 Å². The van der Waals surface area contributed by atoms with Gasteiger partial charge in [0.05, 0.1) is 0 Å². The highest BCUT2D eigenvalue weighted by atomic mass is 15.1. The molecular formula is C12H28N2. The van der Waals surface area contributed by atoms with Crippen molar-refractivity contribution >= 4 is 0 Å². The van der Waals surface area contributed by atoms with Crippen molar-refractivity contribution < 1.29 is 0 Å². The van der Waals surface area contributed by atoms with Crippen LogP contribution >= 0.6 is 0 Å². The molecule has 2 nitrogen and oxygen atoms in total. The van der Waals surface area contributed by atoms with Crippen LogP contribution < -0.4 is 5.32 Å². The monoisotopic (exact) mass is 200 g/mol. The van der Waals surface area contributed by atoms with E-state index in [1.165, 1.54) is 51.7 Å². The molecule has 2 heteroatoms. The average Bonchev–Trinajstić information content (AvgIpc) is 2.18. The van der Waals surface area contributed by atoms with Gasteiger partial charge in [-0.1, -0.05) is 26.7 Å². The SMILES string of the molecule is CCCCCN(CCC)CCCNC. The zero-order chi connectivity index (χ0) is 10.6. The van der Waals surface area contributed by atoms with Gasteiger partial charge in [-0.15, -0.1) is 0 Å². The highest BCUT2D eigenvalue weighted by molar-refractivity contribution is 4.58. The summed E-state index contributed by atoms with van der Waals surface area (Å²) in [7, 11) is 2.03. The van der Waals surface area contributed by atoms with E-state index in [1.54, 1.807) is 0 Å². The van der Waals surface area contributed by atoms with Crippen molar-refractivity contribution in [3.8, 4) is 0 Å². The summed E-state index contributed by atoms with van der Waals surface area (Å²) in [5.41, 5.74) is 0. The summed E-state index contributed by atoms with van der Waals surface area (Å²) in [6.07, 6.45) is 6.65. The summed E-state index contributed by atoms with van der Waals surface area (Å²) in [6, 6.07) is 0. The molecule has 0 atom stereocenters. The normalized spacial score (nSPS) is 11.1. The molecule has 0 unspecified atom stereocenters. The maximum absolute atomic E-state index is 3.21. The Bertz CT molecular complexity index is 94.5. The lowest BCUT2D eigenvalue weighted by Gasteiger charge is -2.21. The van der Waals surface area contributed by atoms with E-state index < -0.39 is 0 Å². The Morgan fingerprint density at radius 3 is 2.14 bits per heavy atom. The molecule has 0 aromatic carbocycles. The van der Waals surface area contributed by atoms with Crippen LogP contribution in [0.1, 0.15) is 46.0 Å². The lowest BCUT2D eigenvalue weighted by molar-refractivity contribution is 0.264. The van der Waals surface area contributed by atoms with Crippen molar-refractivity contribution in [1.29, 1.82) is 0 Å². The van der Waals surface area contributed by atoms with Gasteiger partial charge >= 0.3 is 0 Å². The van der Waals surface area contributed by atoms with E-state index in [-0.39, 0.29) is 0 Å². The summed E-state index contributed by atoms with van der Waals surface area (Å²) in [4.78, 5) is 2.60. The van der Waals surface area contributed by atoms with Crippen LogP contribution in [0.3, 0.4) is 0 Å². The van der Waals surface area contributed by atoms with Crippen molar-refractivity contribution in [3.05, 3.63) is 0 Å². The van der Waals surface area contributed by atoms with Crippen molar-refractivity contribution in [2.24, 2.45) is 0 Å². The summed E-state index contributed by atoms with van der Waals surface area (Å²) in [5.74, 6) is 0. The van der Waals surface area contributed by atoms with Gasteiger partial charge in [-0.2, -0.15) is 0 Å². The molecule has 14 heavy (non-hydrogen) atoms. The fourth-order valence-corrected chi connectivity index (χ4v) is 1.72. The molecule has 0 aromatic rings. The maximum Gasteiger partial charge on any atom is -0.000664 e. The first-order chi connectivity index (χ1) is 6.85. The van der Waals surface area contributed by atoms with E-state index in [0.29, 0.717) is 0 Å². The molecule has 0 aromatic heterocycles. The molecule has 0 spiro atoms. The second kappa shape index (κ2) is 11.0. The fraction of sp³-hybridized carbons (Fsp3) is 1.00. The average molecular weight is 200 g/mol. The Hall–Kier alpha value is -0.0800. The number of nitrogens with zero attached hydrogens (tertiary/aromatic N) is 1. The molecular weight excluding hydrogens is 172 g/mol. The fourth-order valence-electron chi connectivity index (χ4n) is 1.72. The van der Waals surface area contributed by atoms with Crippen LogP contribution in [-0.4, -0.2) is 38.1 Å². The van der Waals surface area contributed by atoms with Crippen LogP contribution in [0.25, 0.3) is 0 Å². The predicted molar refractivity (Wildman–Crippen MR) is 64.8 cm³/mol. The standard InChI is InChI=1S/C12H28N2/c1-4-6-7-11-14(10-5-2)12-8-9-13-3/h13H,4-12H2,1-3H3. The Morgan fingerprint density at radius 2 is 1.57 bits per heavy atom. The van der Waals surface area contributed by atoms with Crippen molar-refractivity contribution in [2.75, 3.05) is 33.2 Å². The zero-order valence-electron chi connectivity index (χ0n) is 10.3. The molecule has 0 heterocycles. The molecule has 0 amide bonds. The first kappa shape index (κ1) is 13.9. The van der Waals surface area contributed by atoms with Gasteiger partial charge < -0.3 is 10.2 Å². The number of nitrogens with one attached hydrogen (secondary N) is 1. The molecule has 0 fully saturated rings. The summed E-state index contributed by atoms with van der Waals surface area (Å²) in [5, 5.41) is 3.21. The van der Waals surface area contributed by atoms with E-state index in [4.69, 9.17) is 0 Å². The molecule has 1 N–H and O–H groups in total. The smallest absolute Gasteiger partial charge is 0.000664 e. The molecule has 0 aliphatic rings. The Labute approximate surface area is 90.1 Å². The van der Waals surface area contributed by atoms with Crippen LogP contribution in [0.15, 0.2) is 0 Å². The number of unbranched alkanes of at least 4 members (excludes halogenated alkanes) is 2. The van der Waals surface area contributed by atoms with Gasteiger partial charge in [0.1, 0.15) is 0 Å². The first-order valence-corrected chi connectivity index (χ1v) is 6.22. The van der Waals surface area contributed by atoms with E-state index in [0.717, 1.165) is 6.54 Å². The molecule has 0 aliphatic carbocycles. The second-order valence-electron chi connectivity index (χ2n) is 4.01. The highest BCUT2D eigenvalue weighted by Crippen LogP contribution is 2.00. The van der Waals surface area contributed by atoms with Crippen molar-refractivity contribution in [1.82, 2.24) is 10.2 Å². The quantitative estimate of drug-likeness (QED) is 0.545. The first-order valence-electron chi connectivity index (χ1n) is 6.22. The van der Waals surface area contributed by atoms with Gasteiger partial charge in [0, 0.05) is 0 Å². The van der Waals surface area contributed by atoms with E-state index >= 15 is 0 Å². The minimum absolute atomic E-state index is 1.15. The molecule has 0 bridgehead atoms. The predicted octanol–water partition coefficient (Wildman–Crippen LogP) is 2.50. The Morgan fingerprint density at radius 1 is 0.857 bits per heavy atom. The summed E-state index contributed by atoms with van der Waals surface area (Å²) in [6.45, 7) is 9.52. The largest absolute Gasteiger partial charge is 0.320 e. The van der Waals surface area contributed by atoms with E-state index in [2.05, 4.69) is 24.1 Å². The molecule has 0 saturated heterocycles. The summed E-state index contributed by atoms with van der Waals surface area (Å²) >= 11 is 0. The molecule has 0 radical (unpaired) electrons. The third kappa shape index (κ3) is 8.52. The van der Waals surface area contributed by atoms with E-state index in [1.807, 2.05) is 7.05 Å². The second-order valence-corrected chi connectivity index (χ2v) is 4.01. The number of hydrogen-bond donors (Lipinski definition) is 1. The molecule has 0 rings (SSSR count). The van der Waals surface area contributed by atoms with Gasteiger partial charge in [-0.25, -0.2) is 0 Å². The van der Waals surface area contributed by atoms with Gasteiger partial charge in [0.25, 0.3) is 0 Å². The van der Waals surface area contributed by atoms with Crippen molar-refractivity contribution in [3.63, 3.8) is 0 Å². The molecule has 0 aliphatic heterocycles. The van der Waals surface area contributed by atoms with Gasteiger partial charge in [-0.3, -0.25) is 0 Å². The lowest BCUT2D eigenvalue weighted by Crippen LogP contribution is -2.28. The third-order valence-corrected chi connectivity index (χ3v) is 2.52. The maximum atomic E-state index is 3.21. The zero-order valence-corrected chi connectivity index (χ0v) is 10.3. The minimum Gasteiger partial charge on any atom is -0.320 e. The number of rotatable bonds is 10. The lowest BCUT2D eigenvalue weighted by atomic mass is 10.2. The van der Waals surface area contributed by atoms with Crippen LogP contribution in [0, 0.1) is 0 Å². The Kier molecular flexibility index (Phi) is 10.9. The van der Waals surface area contributed by atoms with Crippen molar-refractivity contribution in [2.45, 2.75) is 46.0 Å². The van der Waals surface area contributed by atoms with Gasteiger partial charge in [0.15, 0.2) is 0 Å². The summed E-state index contributed by atoms with van der Waals surface area (Å²) < 4.78 is 0. The minimum atomic E-state index is 1.15. The van der Waals surface area contributed by atoms with Crippen LogP contribution in [0.2, 0.25) is 0 Å². The van der Waals surface area contributed by atoms with Gasteiger partial charge in [-0.05, 0) is 52.5 Å². The Balaban J connectivity index is 3.44. The molecule has 86 valence electrons. The third-order valence-electron chi connectivity index (χ3n) is 2.52.